The van der Waals surface area contributed by atoms with Gasteiger partial charge in [-0.2, -0.15) is 0 Å². The third-order valence-electron chi connectivity index (χ3n) is 3.80. The summed E-state index contributed by atoms with van der Waals surface area (Å²) >= 11 is 0. The highest BCUT2D eigenvalue weighted by Gasteiger charge is 2.13. The van der Waals surface area contributed by atoms with Crippen molar-refractivity contribution in [2.24, 2.45) is 0 Å². The van der Waals surface area contributed by atoms with Crippen LogP contribution in [0.5, 0.6) is 0 Å². The number of aromatic nitrogens is 2. The molecule has 2 aromatic carbocycles. The Bertz CT molecular complexity index is 821. The van der Waals surface area contributed by atoms with Gasteiger partial charge in [-0.1, -0.05) is 42.5 Å². The number of fused-ring (bicyclic) bond motifs is 1. The summed E-state index contributed by atoms with van der Waals surface area (Å²) in [5, 5.41) is 0.683. The number of hydrogen-bond acceptors (Lipinski definition) is 2. The van der Waals surface area contributed by atoms with E-state index in [0.717, 1.165) is 17.8 Å². The molecule has 3 aromatic rings. The van der Waals surface area contributed by atoms with Crippen molar-refractivity contribution in [1.82, 2.24) is 9.55 Å². The molecular formula is C18H18N2O. The number of hydrogen-bond donors (Lipinski definition) is 0. The zero-order chi connectivity index (χ0) is 14.8. The topological polar surface area (TPSA) is 34.9 Å². The van der Waals surface area contributed by atoms with E-state index in [2.05, 4.69) is 24.0 Å². The zero-order valence-corrected chi connectivity index (χ0v) is 12.3. The highest BCUT2D eigenvalue weighted by atomic mass is 16.1. The van der Waals surface area contributed by atoms with Gasteiger partial charge in [0.2, 0.25) is 0 Å². The molecule has 0 radical (unpaired) electrons. The first kappa shape index (κ1) is 13.6. The van der Waals surface area contributed by atoms with E-state index in [-0.39, 0.29) is 11.6 Å². The van der Waals surface area contributed by atoms with E-state index in [1.165, 1.54) is 5.56 Å². The molecule has 3 rings (SSSR count). The van der Waals surface area contributed by atoms with Gasteiger partial charge in [-0.3, -0.25) is 9.36 Å². The fourth-order valence-corrected chi connectivity index (χ4v) is 2.82. The summed E-state index contributed by atoms with van der Waals surface area (Å²) in [7, 11) is 0. The average molecular weight is 278 g/mol. The van der Waals surface area contributed by atoms with Gasteiger partial charge in [0.05, 0.1) is 10.9 Å². The van der Waals surface area contributed by atoms with Gasteiger partial charge in [0.25, 0.3) is 5.56 Å². The maximum Gasteiger partial charge on any atom is 0.261 e. The molecule has 0 N–H and O–H groups in total. The van der Waals surface area contributed by atoms with Crippen LogP contribution >= 0.6 is 0 Å². The number of benzene rings is 2. The lowest BCUT2D eigenvalue weighted by Gasteiger charge is -2.18. The Hall–Kier alpha value is -2.42. The van der Waals surface area contributed by atoms with Gasteiger partial charge in [-0.15, -0.1) is 0 Å². The van der Waals surface area contributed by atoms with Crippen molar-refractivity contribution in [3.8, 4) is 0 Å². The minimum atomic E-state index is 0.0431. The Morgan fingerprint density at radius 2 is 1.71 bits per heavy atom. The minimum absolute atomic E-state index is 0.0431. The van der Waals surface area contributed by atoms with E-state index < -0.39 is 0 Å². The smallest absolute Gasteiger partial charge is 0.261 e. The van der Waals surface area contributed by atoms with Crippen molar-refractivity contribution in [3.05, 3.63) is 76.3 Å². The Morgan fingerprint density at radius 1 is 1.05 bits per heavy atom. The Kier molecular flexibility index (Phi) is 3.57. The first-order valence-corrected chi connectivity index (χ1v) is 7.18. The highest BCUT2D eigenvalue weighted by Crippen LogP contribution is 2.15. The fourth-order valence-electron chi connectivity index (χ4n) is 2.82. The number of nitrogens with zero attached hydrogens (tertiary/aromatic N) is 2. The molecule has 0 aliphatic heterocycles. The normalized spacial score (nSPS) is 12.5. The van der Waals surface area contributed by atoms with Crippen molar-refractivity contribution >= 4 is 10.9 Å². The van der Waals surface area contributed by atoms with Gasteiger partial charge < -0.3 is 0 Å². The molecule has 0 aliphatic rings. The second-order valence-corrected chi connectivity index (χ2v) is 5.39. The Labute approximate surface area is 123 Å². The third-order valence-corrected chi connectivity index (χ3v) is 3.80. The van der Waals surface area contributed by atoms with E-state index in [1.54, 1.807) is 4.57 Å². The molecule has 0 saturated carbocycles. The number of aryl methyl sites for hydroxylation is 1. The van der Waals surface area contributed by atoms with Gasteiger partial charge >= 0.3 is 0 Å². The fraction of sp³-hybridized carbons (Fsp3) is 0.222. The lowest BCUT2D eigenvalue weighted by molar-refractivity contribution is 0.509. The van der Waals surface area contributed by atoms with Crippen LogP contribution in [0.4, 0.5) is 0 Å². The zero-order valence-electron chi connectivity index (χ0n) is 12.3. The van der Waals surface area contributed by atoms with E-state index >= 15 is 0 Å². The average Bonchev–Trinajstić information content (AvgIpc) is 2.48. The SMILES string of the molecule is Cc1nc2ccccc2c(=O)n1C(C)Cc1ccccc1. The molecule has 21 heavy (non-hydrogen) atoms. The maximum absolute atomic E-state index is 12.7. The Balaban J connectivity index is 2.05. The van der Waals surface area contributed by atoms with Gasteiger partial charge in [-0.25, -0.2) is 4.98 Å². The molecule has 0 amide bonds. The van der Waals surface area contributed by atoms with E-state index in [1.807, 2.05) is 49.4 Å². The van der Waals surface area contributed by atoms with Crippen molar-refractivity contribution in [2.75, 3.05) is 0 Å². The molecular weight excluding hydrogens is 260 g/mol. The summed E-state index contributed by atoms with van der Waals surface area (Å²) in [6.45, 7) is 3.97. The maximum atomic E-state index is 12.7. The molecule has 1 heterocycles. The first-order chi connectivity index (χ1) is 10.2. The molecule has 3 heteroatoms. The summed E-state index contributed by atoms with van der Waals surface area (Å²) in [6, 6.07) is 17.8. The van der Waals surface area contributed by atoms with Crippen molar-refractivity contribution in [3.63, 3.8) is 0 Å². The van der Waals surface area contributed by atoms with Crippen LogP contribution in [0.25, 0.3) is 10.9 Å². The Morgan fingerprint density at radius 3 is 2.48 bits per heavy atom. The van der Waals surface area contributed by atoms with Gasteiger partial charge in [0, 0.05) is 6.04 Å². The van der Waals surface area contributed by atoms with Crippen molar-refractivity contribution in [2.45, 2.75) is 26.3 Å². The van der Waals surface area contributed by atoms with Crippen LogP contribution in [0.15, 0.2) is 59.4 Å². The molecule has 0 saturated heterocycles. The number of para-hydroxylation sites is 1. The van der Waals surface area contributed by atoms with Crippen molar-refractivity contribution in [1.29, 1.82) is 0 Å². The van der Waals surface area contributed by atoms with E-state index in [4.69, 9.17) is 0 Å². The summed E-state index contributed by atoms with van der Waals surface area (Å²) in [6.07, 6.45) is 0.821. The van der Waals surface area contributed by atoms with Crippen LogP contribution in [0, 0.1) is 6.92 Å². The summed E-state index contributed by atoms with van der Waals surface area (Å²) in [5.74, 6) is 0.766. The predicted octanol–water partition coefficient (Wildman–Crippen LogP) is 3.51. The molecule has 0 bridgehead atoms. The summed E-state index contributed by atoms with van der Waals surface area (Å²) in [4.78, 5) is 17.3. The molecule has 0 fully saturated rings. The standard InChI is InChI=1S/C18H18N2O/c1-13(12-15-8-4-3-5-9-15)20-14(2)19-17-11-7-6-10-16(17)18(20)21/h3-11,13H,12H2,1-2H3. The van der Waals surface area contributed by atoms with Crippen LogP contribution in [-0.2, 0) is 6.42 Å². The predicted molar refractivity (Wildman–Crippen MR) is 85.6 cm³/mol. The van der Waals surface area contributed by atoms with E-state index in [0.29, 0.717) is 5.39 Å². The summed E-state index contributed by atoms with van der Waals surface area (Å²) in [5.41, 5.74) is 2.04. The molecule has 0 aliphatic carbocycles. The second-order valence-electron chi connectivity index (χ2n) is 5.39. The van der Waals surface area contributed by atoms with Crippen LogP contribution in [-0.4, -0.2) is 9.55 Å². The van der Waals surface area contributed by atoms with Gasteiger partial charge in [0.15, 0.2) is 0 Å². The van der Waals surface area contributed by atoms with Crippen molar-refractivity contribution < 1.29 is 0 Å². The summed E-state index contributed by atoms with van der Waals surface area (Å²) < 4.78 is 1.80. The first-order valence-electron chi connectivity index (χ1n) is 7.18. The molecule has 106 valence electrons. The van der Waals surface area contributed by atoms with Crippen LogP contribution < -0.4 is 5.56 Å². The van der Waals surface area contributed by atoms with E-state index in [9.17, 15) is 4.79 Å². The molecule has 1 atom stereocenters. The van der Waals surface area contributed by atoms with Crippen LogP contribution in [0.3, 0.4) is 0 Å². The van der Waals surface area contributed by atoms with Crippen LogP contribution in [0.2, 0.25) is 0 Å². The lowest BCUT2D eigenvalue weighted by atomic mass is 10.1. The largest absolute Gasteiger partial charge is 0.293 e. The third kappa shape index (κ3) is 2.59. The minimum Gasteiger partial charge on any atom is -0.293 e. The second kappa shape index (κ2) is 5.52. The highest BCUT2D eigenvalue weighted by molar-refractivity contribution is 5.77. The quantitative estimate of drug-likeness (QED) is 0.735. The molecule has 0 spiro atoms. The monoisotopic (exact) mass is 278 g/mol. The molecule has 1 aromatic heterocycles. The van der Waals surface area contributed by atoms with Gasteiger partial charge in [-0.05, 0) is 38.0 Å². The lowest BCUT2D eigenvalue weighted by Crippen LogP contribution is -2.27. The number of rotatable bonds is 3. The van der Waals surface area contributed by atoms with Gasteiger partial charge in [0.1, 0.15) is 5.82 Å². The molecule has 3 nitrogen and oxygen atoms in total. The molecule has 1 unspecified atom stereocenters. The van der Waals surface area contributed by atoms with Crippen LogP contribution in [0.1, 0.15) is 24.4 Å².